The van der Waals surface area contributed by atoms with E-state index in [2.05, 4.69) is 17.1 Å². The largest absolute Gasteiger partial charge is 0.342 e. The number of nitrogens with one attached hydrogen (secondary N) is 1. The molecule has 1 unspecified atom stereocenters. The highest BCUT2D eigenvalue weighted by molar-refractivity contribution is 5.78. The van der Waals surface area contributed by atoms with Crippen molar-refractivity contribution in [2.75, 3.05) is 39.3 Å². The van der Waals surface area contributed by atoms with Gasteiger partial charge in [0.25, 0.3) is 0 Å². The van der Waals surface area contributed by atoms with Crippen LogP contribution in [0.4, 0.5) is 0 Å². The first-order valence-electron chi connectivity index (χ1n) is 6.00. The van der Waals surface area contributed by atoms with Crippen LogP contribution in [-0.4, -0.2) is 61.0 Å². The fraction of sp³-hybridized carbons (Fsp3) is 0.909. The molecule has 2 aliphatic heterocycles. The summed E-state index contributed by atoms with van der Waals surface area (Å²) in [6.45, 7) is 7.76. The molecule has 0 aliphatic carbocycles. The maximum absolute atomic E-state index is 11.9. The predicted octanol–water partition coefficient (Wildman–Crippen LogP) is -0.0975. The molecule has 0 spiro atoms. The van der Waals surface area contributed by atoms with Crippen LogP contribution in [0.25, 0.3) is 0 Å². The zero-order chi connectivity index (χ0) is 10.7. The third kappa shape index (κ3) is 2.69. The average Bonchev–Trinajstić information content (AvgIpc) is 2.74. The summed E-state index contributed by atoms with van der Waals surface area (Å²) in [5, 5.41) is 3.34. The van der Waals surface area contributed by atoms with Crippen molar-refractivity contribution < 1.29 is 4.79 Å². The minimum atomic E-state index is 0.321. The lowest BCUT2D eigenvalue weighted by Crippen LogP contribution is -2.52. The normalized spacial score (nSPS) is 28.3. The Hall–Kier alpha value is -0.610. The monoisotopic (exact) mass is 211 g/mol. The van der Waals surface area contributed by atoms with Crippen LogP contribution in [0.5, 0.6) is 0 Å². The van der Waals surface area contributed by atoms with E-state index in [0.29, 0.717) is 18.5 Å². The first kappa shape index (κ1) is 10.9. The summed E-state index contributed by atoms with van der Waals surface area (Å²) in [7, 11) is 0. The highest BCUT2D eigenvalue weighted by Gasteiger charge is 2.24. The smallest absolute Gasteiger partial charge is 0.236 e. The van der Waals surface area contributed by atoms with Crippen LogP contribution in [-0.2, 0) is 4.79 Å². The number of hydrogen-bond acceptors (Lipinski definition) is 3. The minimum absolute atomic E-state index is 0.321. The number of nitrogens with zero attached hydrogens (tertiary/aromatic N) is 2. The Morgan fingerprint density at radius 3 is 2.73 bits per heavy atom. The lowest BCUT2D eigenvalue weighted by atomic mass is 10.2. The van der Waals surface area contributed by atoms with E-state index in [1.807, 2.05) is 4.90 Å². The second-order valence-electron chi connectivity index (χ2n) is 4.61. The van der Waals surface area contributed by atoms with E-state index in [0.717, 1.165) is 32.7 Å². The number of rotatable bonds is 2. The van der Waals surface area contributed by atoms with Crippen molar-refractivity contribution in [3.05, 3.63) is 0 Å². The number of amides is 1. The predicted molar refractivity (Wildman–Crippen MR) is 59.7 cm³/mol. The van der Waals surface area contributed by atoms with Crippen molar-refractivity contribution in [2.24, 2.45) is 0 Å². The van der Waals surface area contributed by atoms with Crippen molar-refractivity contribution in [3.8, 4) is 0 Å². The molecule has 0 radical (unpaired) electrons. The molecule has 1 N–H and O–H groups in total. The Kier molecular flexibility index (Phi) is 3.59. The maximum Gasteiger partial charge on any atom is 0.236 e. The Balaban J connectivity index is 1.81. The molecule has 1 atom stereocenters. The van der Waals surface area contributed by atoms with E-state index in [1.165, 1.54) is 12.8 Å². The van der Waals surface area contributed by atoms with E-state index < -0.39 is 0 Å². The van der Waals surface area contributed by atoms with Crippen molar-refractivity contribution in [3.63, 3.8) is 0 Å². The second-order valence-corrected chi connectivity index (χ2v) is 4.61. The molecule has 2 aliphatic rings. The van der Waals surface area contributed by atoms with Crippen LogP contribution in [0, 0.1) is 0 Å². The van der Waals surface area contributed by atoms with Gasteiger partial charge < -0.3 is 10.2 Å². The van der Waals surface area contributed by atoms with Gasteiger partial charge in [0, 0.05) is 38.8 Å². The number of piperazine rings is 1. The number of hydrogen-bond donors (Lipinski definition) is 1. The quantitative estimate of drug-likeness (QED) is 0.693. The van der Waals surface area contributed by atoms with Crippen molar-refractivity contribution in [1.82, 2.24) is 15.1 Å². The molecule has 4 heteroatoms. The second kappa shape index (κ2) is 4.94. The van der Waals surface area contributed by atoms with Crippen molar-refractivity contribution in [2.45, 2.75) is 25.8 Å². The Bertz CT molecular complexity index is 226. The third-order valence-corrected chi connectivity index (χ3v) is 3.44. The molecule has 0 saturated carbocycles. The zero-order valence-electron chi connectivity index (χ0n) is 9.54. The summed E-state index contributed by atoms with van der Waals surface area (Å²) >= 11 is 0. The van der Waals surface area contributed by atoms with E-state index in [-0.39, 0.29) is 0 Å². The Labute approximate surface area is 91.6 Å². The van der Waals surface area contributed by atoms with E-state index in [4.69, 9.17) is 0 Å². The summed E-state index contributed by atoms with van der Waals surface area (Å²) in [4.78, 5) is 16.2. The standard InChI is InChI=1S/C11H21N3O/c1-10-8-12-4-7-14(10)9-11(15)13-5-2-3-6-13/h10,12H,2-9H2,1H3. The third-order valence-electron chi connectivity index (χ3n) is 3.44. The molecular weight excluding hydrogens is 190 g/mol. The van der Waals surface area contributed by atoms with Gasteiger partial charge in [-0.05, 0) is 19.8 Å². The maximum atomic E-state index is 11.9. The van der Waals surface area contributed by atoms with Gasteiger partial charge in [-0.25, -0.2) is 0 Å². The molecule has 2 fully saturated rings. The summed E-state index contributed by atoms with van der Waals surface area (Å²) in [6, 6.07) is 0.491. The lowest BCUT2D eigenvalue weighted by molar-refractivity contribution is -0.132. The molecule has 86 valence electrons. The Morgan fingerprint density at radius 2 is 2.07 bits per heavy atom. The molecule has 0 bridgehead atoms. The van der Waals surface area contributed by atoms with Gasteiger partial charge in [0.2, 0.25) is 5.91 Å². The van der Waals surface area contributed by atoms with E-state index in [9.17, 15) is 4.79 Å². The van der Waals surface area contributed by atoms with Gasteiger partial charge in [0.1, 0.15) is 0 Å². The molecule has 2 saturated heterocycles. The van der Waals surface area contributed by atoms with Crippen LogP contribution in [0.15, 0.2) is 0 Å². The molecule has 0 aromatic heterocycles. The first-order valence-corrected chi connectivity index (χ1v) is 6.00. The summed E-state index contributed by atoms with van der Waals surface area (Å²) < 4.78 is 0. The molecule has 2 rings (SSSR count). The summed E-state index contributed by atoms with van der Waals surface area (Å²) in [5.41, 5.74) is 0. The summed E-state index contributed by atoms with van der Waals surface area (Å²) in [5.74, 6) is 0.321. The molecule has 4 nitrogen and oxygen atoms in total. The van der Waals surface area contributed by atoms with Gasteiger partial charge >= 0.3 is 0 Å². The fourth-order valence-corrected chi connectivity index (χ4v) is 2.36. The van der Waals surface area contributed by atoms with E-state index in [1.54, 1.807) is 0 Å². The highest BCUT2D eigenvalue weighted by Crippen LogP contribution is 2.09. The number of carbonyl (C=O) groups is 1. The Morgan fingerprint density at radius 1 is 1.33 bits per heavy atom. The highest BCUT2D eigenvalue weighted by atomic mass is 16.2. The van der Waals surface area contributed by atoms with Gasteiger partial charge in [-0.1, -0.05) is 0 Å². The average molecular weight is 211 g/mol. The van der Waals surface area contributed by atoms with Gasteiger partial charge in [-0.2, -0.15) is 0 Å². The minimum Gasteiger partial charge on any atom is -0.342 e. The topological polar surface area (TPSA) is 35.6 Å². The van der Waals surface area contributed by atoms with Gasteiger partial charge in [0.15, 0.2) is 0 Å². The molecular formula is C11H21N3O. The van der Waals surface area contributed by atoms with E-state index >= 15 is 0 Å². The molecule has 1 amide bonds. The molecule has 2 heterocycles. The van der Waals surface area contributed by atoms with Crippen LogP contribution >= 0.6 is 0 Å². The van der Waals surface area contributed by atoms with Gasteiger partial charge in [0.05, 0.1) is 6.54 Å². The van der Waals surface area contributed by atoms with Crippen molar-refractivity contribution >= 4 is 5.91 Å². The zero-order valence-corrected chi connectivity index (χ0v) is 9.54. The first-order chi connectivity index (χ1) is 7.27. The molecule has 0 aromatic carbocycles. The van der Waals surface area contributed by atoms with Crippen LogP contribution in [0.3, 0.4) is 0 Å². The van der Waals surface area contributed by atoms with Crippen molar-refractivity contribution in [1.29, 1.82) is 0 Å². The van der Waals surface area contributed by atoms with Crippen LogP contribution in [0.1, 0.15) is 19.8 Å². The van der Waals surface area contributed by atoms with Gasteiger partial charge in [-0.15, -0.1) is 0 Å². The summed E-state index contributed by atoms with van der Waals surface area (Å²) in [6.07, 6.45) is 2.37. The van der Waals surface area contributed by atoms with Crippen LogP contribution < -0.4 is 5.32 Å². The number of likely N-dealkylation sites (tertiary alicyclic amines) is 1. The molecule has 15 heavy (non-hydrogen) atoms. The fourth-order valence-electron chi connectivity index (χ4n) is 2.36. The SMILES string of the molecule is CC1CNCCN1CC(=O)N1CCCC1. The van der Waals surface area contributed by atoms with Gasteiger partial charge in [-0.3, -0.25) is 9.69 Å². The lowest BCUT2D eigenvalue weighted by Gasteiger charge is -2.34. The molecule has 0 aromatic rings. The van der Waals surface area contributed by atoms with Crippen LogP contribution in [0.2, 0.25) is 0 Å². The number of carbonyl (C=O) groups excluding carboxylic acids is 1.